The fourth-order valence-corrected chi connectivity index (χ4v) is 5.39. The molecule has 8 heteroatoms. The van der Waals surface area contributed by atoms with E-state index < -0.39 is 0 Å². The molecule has 0 fully saturated rings. The third-order valence-corrected chi connectivity index (χ3v) is 7.32. The Balaban J connectivity index is 1.53. The van der Waals surface area contributed by atoms with E-state index in [0.717, 1.165) is 47.0 Å². The molecule has 0 amide bonds. The molecule has 2 N–H and O–H groups in total. The second-order valence-electron chi connectivity index (χ2n) is 14.0. The maximum atomic E-state index is 13.5. The number of nitrogens with zero attached hydrogens (tertiary/aromatic N) is 4. The maximum absolute atomic E-state index is 13.5. The van der Waals surface area contributed by atoms with Crippen molar-refractivity contribution in [3.8, 4) is 11.4 Å². The fourth-order valence-electron chi connectivity index (χ4n) is 5.39. The Morgan fingerprint density at radius 3 is 1.27 bits per heavy atom. The van der Waals surface area contributed by atoms with Crippen LogP contribution in [0.1, 0.15) is 89.7 Å². The summed E-state index contributed by atoms with van der Waals surface area (Å²) in [5.74, 6) is 0. The first-order valence-corrected chi connectivity index (χ1v) is 15.6. The van der Waals surface area contributed by atoms with Gasteiger partial charge in [0, 0.05) is 35.9 Å². The van der Waals surface area contributed by atoms with E-state index in [1.54, 1.807) is 9.36 Å². The minimum Gasteiger partial charge on any atom is -0.295 e. The van der Waals surface area contributed by atoms with Crippen LogP contribution in [-0.2, 0) is 0 Å². The van der Waals surface area contributed by atoms with Crippen molar-refractivity contribution in [1.29, 1.82) is 0 Å². The zero-order valence-electron chi connectivity index (χ0n) is 27.6. The largest absolute Gasteiger partial charge is 0.295 e. The molecule has 0 saturated carbocycles. The average Bonchev–Trinajstić information content (AvgIpc) is 3.42. The number of hydrogen-bond donors (Lipinski definition) is 2. The molecule has 0 aliphatic rings. The Kier molecular flexibility index (Phi) is 10.1. The third-order valence-electron chi connectivity index (χ3n) is 7.32. The number of unbranched alkanes of at least 4 members (excludes halogenated alkanes) is 1. The van der Waals surface area contributed by atoms with Gasteiger partial charge in [0.25, 0.3) is 11.1 Å². The number of hydrogen-bond acceptors (Lipinski definition) is 4. The lowest BCUT2D eigenvalue weighted by Crippen LogP contribution is -2.24. The van der Waals surface area contributed by atoms with Gasteiger partial charge < -0.3 is 0 Å². The number of H-pyrrole nitrogens is 2. The molecule has 0 radical (unpaired) electrons. The van der Waals surface area contributed by atoms with Crippen molar-refractivity contribution >= 4 is 11.4 Å². The van der Waals surface area contributed by atoms with Gasteiger partial charge in [0.1, 0.15) is 0 Å². The van der Waals surface area contributed by atoms with E-state index >= 15 is 0 Å². The van der Waals surface area contributed by atoms with Crippen LogP contribution in [0.2, 0.25) is 0 Å². The van der Waals surface area contributed by atoms with E-state index in [4.69, 9.17) is 9.98 Å². The minimum atomic E-state index is -0.0730. The van der Waals surface area contributed by atoms with Crippen molar-refractivity contribution in [2.45, 2.75) is 81.1 Å². The van der Waals surface area contributed by atoms with Crippen LogP contribution in [-0.4, -0.2) is 44.1 Å². The van der Waals surface area contributed by atoms with E-state index in [9.17, 15) is 9.59 Å². The molecule has 0 spiro atoms. The van der Waals surface area contributed by atoms with Crippen molar-refractivity contribution in [3.63, 3.8) is 0 Å². The van der Waals surface area contributed by atoms with Crippen LogP contribution in [0, 0.1) is 24.7 Å². The molecule has 2 aromatic heterocycles. The lowest BCUT2D eigenvalue weighted by molar-refractivity contribution is 0.433. The summed E-state index contributed by atoms with van der Waals surface area (Å²) in [5.41, 5.74) is 6.05. The van der Waals surface area contributed by atoms with Crippen LogP contribution in [0.4, 0.5) is 0 Å². The van der Waals surface area contributed by atoms with Crippen molar-refractivity contribution < 1.29 is 0 Å². The number of aromatic amines is 2. The molecular weight excluding hydrogens is 548 g/mol. The summed E-state index contributed by atoms with van der Waals surface area (Å²) >= 11 is 0. The lowest BCUT2D eigenvalue weighted by atomic mass is 9.87. The third kappa shape index (κ3) is 8.24. The summed E-state index contributed by atoms with van der Waals surface area (Å²) in [6, 6.07) is 19.2. The van der Waals surface area contributed by atoms with E-state index in [2.05, 4.69) is 51.7 Å². The molecule has 4 aromatic rings. The van der Waals surface area contributed by atoms with Gasteiger partial charge in [-0.15, -0.1) is 0 Å². The minimum absolute atomic E-state index is 0.0280. The van der Waals surface area contributed by atoms with Gasteiger partial charge in [-0.25, -0.2) is 9.36 Å². The molecule has 0 aliphatic carbocycles. The molecule has 0 saturated heterocycles. The van der Waals surface area contributed by atoms with Gasteiger partial charge >= 0.3 is 0 Å². The van der Waals surface area contributed by atoms with Gasteiger partial charge in [-0.05, 0) is 74.6 Å². The zero-order chi connectivity index (χ0) is 32.1. The van der Waals surface area contributed by atoms with Crippen LogP contribution in [0.25, 0.3) is 11.4 Å². The molecule has 0 aliphatic heterocycles. The molecule has 44 heavy (non-hydrogen) atoms. The Labute approximate surface area is 260 Å². The highest BCUT2D eigenvalue weighted by Gasteiger charge is 2.24. The standard InChI is InChI=1S/C36H48N6O2/c1-25-31(33(43)41(39-25)27-17-11-9-12-18-27)29(23-35(3,4)5)37-21-15-16-22-38-30(24-36(6,7)8)32-26(2)40-42(34(32)44)28-19-13-10-14-20-28/h9-14,17-20,39-40H,15-16,21-24H2,1-8H3. The fraction of sp³-hybridized carbons (Fsp3) is 0.444. The van der Waals surface area contributed by atoms with E-state index in [1.165, 1.54) is 0 Å². The van der Waals surface area contributed by atoms with E-state index in [-0.39, 0.29) is 21.9 Å². The Bertz CT molecular complexity index is 1590. The monoisotopic (exact) mass is 596 g/mol. The van der Waals surface area contributed by atoms with Crippen LogP contribution in [0.3, 0.4) is 0 Å². The van der Waals surface area contributed by atoms with Crippen LogP contribution in [0.15, 0.2) is 80.2 Å². The molecule has 0 bridgehead atoms. The molecule has 8 nitrogen and oxygen atoms in total. The van der Waals surface area contributed by atoms with Gasteiger partial charge in [0.15, 0.2) is 0 Å². The maximum Gasteiger partial charge on any atom is 0.280 e. The smallest absolute Gasteiger partial charge is 0.280 e. The van der Waals surface area contributed by atoms with Crippen molar-refractivity contribution in [2.75, 3.05) is 13.1 Å². The highest BCUT2D eigenvalue weighted by molar-refractivity contribution is 6.02. The quantitative estimate of drug-likeness (QED) is 0.141. The number of para-hydroxylation sites is 2. The summed E-state index contributed by atoms with van der Waals surface area (Å²) in [7, 11) is 0. The molecule has 2 aromatic carbocycles. The summed E-state index contributed by atoms with van der Waals surface area (Å²) in [6.07, 6.45) is 3.06. The van der Waals surface area contributed by atoms with Gasteiger partial charge in [-0.3, -0.25) is 29.8 Å². The molecule has 0 atom stereocenters. The van der Waals surface area contributed by atoms with Gasteiger partial charge in [0.05, 0.1) is 22.5 Å². The Morgan fingerprint density at radius 2 is 0.955 bits per heavy atom. The van der Waals surface area contributed by atoms with Crippen LogP contribution >= 0.6 is 0 Å². The number of aliphatic imine (C=N–C) groups is 2. The molecule has 2 heterocycles. The summed E-state index contributed by atoms with van der Waals surface area (Å²) in [4.78, 5) is 37.0. The van der Waals surface area contributed by atoms with Crippen molar-refractivity contribution in [1.82, 2.24) is 19.6 Å². The SMILES string of the molecule is Cc1[nH]n(-c2ccccc2)c(=O)c1C(CC(C)(C)C)=NCCCCN=C(CC(C)(C)C)c1c(C)[nH]n(-c2ccccc2)c1=O. The first-order chi connectivity index (χ1) is 20.7. The lowest BCUT2D eigenvalue weighted by Gasteiger charge is -2.19. The summed E-state index contributed by atoms with van der Waals surface area (Å²) < 4.78 is 3.20. The topological polar surface area (TPSA) is 100 Å². The number of aromatic nitrogens is 4. The number of nitrogens with one attached hydrogen (secondary N) is 2. The first-order valence-electron chi connectivity index (χ1n) is 15.6. The van der Waals surface area contributed by atoms with Gasteiger partial charge in [0.2, 0.25) is 0 Å². The van der Waals surface area contributed by atoms with Crippen molar-refractivity contribution in [2.24, 2.45) is 20.8 Å². The number of rotatable bonds is 11. The molecule has 4 rings (SSSR count). The average molecular weight is 597 g/mol. The normalized spacial score (nSPS) is 13.1. The Hall–Kier alpha value is -4.20. The molecule has 0 unspecified atom stereocenters. The predicted octanol–water partition coefficient (Wildman–Crippen LogP) is 7.19. The van der Waals surface area contributed by atoms with Crippen LogP contribution < -0.4 is 11.1 Å². The number of benzene rings is 2. The van der Waals surface area contributed by atoms with E-state index in [0.29, 0.717) is 37.1 Å². The second kappa shape index (κ2) is 13.6. The Morgan fingerprint density at radius 1 is 0.614 bits per heavy atom. The van der Waals surface area contributed by atoms with E-state index in [1.807, 2.05) is 74.5 Å². The van der Waals surface area contributed by atoms with Crippen LogP contribution in [0.5, 0.6) is 0 Å². The highest BCUT2D eigenvalue weighted by Crippen LogP contribution is 2.24. The highest BCUT2D eigenvalue weighted by atomic mass is 16.1. The predicted molar refractivity (Wildman–Crippen MR) is 182 cm³/mol. The molecule has 234 valence electrons. The molecular formula is C36H48N6O2. The van der Waals surface area contributed by atoms with Gasteiger partial charge in [-0.2, -0.15) is 0 Å². The van der Waals surface area contributed by atoms with Crippen molar-refractivity contribution in [3.05, 3.63) is 104 Å². The number of aryl methyl sites for hydroxylation is 2. The summed E-state index contributed by atoms with van der Waals surface area (Å²) in [6.45, 7) is 18.1. The second-order valence-corrected chi connectivity index (χ2v) is 14.0. The van der Waals surface area contributed by atoms with Gasteiger partial charge in [-0.1, -0.05) is 77.9 Å². The zero-order valence-corrected chi connectivity index (χ0v) is 27.6. The first kappa shape index (κ1) is 32.7. The summed E-state index contributed by atoms with van der Waals surface area (Å²) in [5, 5.41) is 6.50.